The molecule has 225 valence electrons. The second-order valence-electron chi connectivity index (χ2n) is 12.7. The van der Waals surface area contributed by atoms with Gasteiger partial charge in [0.05, 0.1) is 0 Å². The average molecular weight is 749 g/mol. The van der Waals surface area contributed by atoms with Gasteiger partial charge in [-0.25, -0.2) is 0 Å². The van der Waals surface area contributed by atoms with E-state index in [1.807, 2.05) is 12.1 Å². The Morgan fingerprint density at radius 2 is 0.767 bits per heavy atom. The van der Waals surface area contributed by atoms with Gasteiger partial charge < -0.3 is 15.1 Å². The summed E-state index contributed by atoms with van der Waals surface area (Å²) in [6.45, 7) is 15.5. The number of nitrogens with zero attached hydrogens (tertiary/aromatic N) is 3. The Kier molecular flexibility index (Phi) is 10.2. The zero-order valence-electron chi connectivity index (χ0n) is 25.9. The molecule has 0 saturated carbocycles. The Hall–Kier alpha value is -3.76. The summed E-state index contributed by atoms with van der Waals surface area (Å²) < 4.78 is 0. The summed E-state index contributed by atoms with van der Waals surface area (Å²) in [6.07, 6.45) is 0. The standard InChI is InChI=1S/C20H26N.C19H15N2.Au/c1-19(2,3)15-7-11-17(12-8-15)21-18-13-9-16(10-14-18)20(4,5)6;1-3-9-16(10-4-1)20-15-21(17-11-5-2-6-12-17)19-14-8-7-13-18(19)20;/h7-14H,1-6H3;1-15H;/q2*-1;. The minimum Gasteiger partial charge on any atom is -0.658 e. The number of rotatable bonds is 4. The smallest absolute Gasteiger partial charge is 0.0345 e. The van der Waals surface area contributed by atoms with Gasteiger partial charge in [0.25, 0.3) is 0 Å². The molecule has 0 aliphatic carbocycles. The third-order valence-corrected chi connectivity index (χ3v) is 7.43. The molecule has 1 heterocycles. The molecule has 5 aromatic carbocycles. The van der Waals surface area contributed by atoms with E-state index in [4.69, 9.17) is 0 Å². The van der Waals surface area contributed by atoms with Gasteiger partial charge in [0, 0.05) is 45.1 Å². The van der Waals surface area contributed by atoms with Crippen LogP contribution in [0.3, 0.4) is 0 Å². The Morgan fingerprint density at radius 3 is 1.09 bits per heavy atom. The predicted octanol–water partition coefficient (Wildman–Crippen LogP) is 11.7. The Bertz CT molecular complexity index is 1450. The molecule has 0 amide bonds. The van der Waals surface area contributed by atoms with Crippen molar-refractivity contribution in [1.29, 1.82) is 0 Å². The molecule has 0 bridgehead atoms. The fourth-order valence-electron chi connectivity index (χ4n) is 4.92. The van der Waals surface area contributed by atoms with Crippen LogP contribution in [0.5, 0.6) is 0 Å². The normalized spacial score (nSPS) is 12.5. The molecule has 0 N–H and O–H groups in total. The summed E-state index contributed by atoms with van der Waals surface area (Å²) in [4.78, 5) is 4.45. The molecule has 1 radical (unpaired) electrons. The molecular formula is C39H41AuN3-2. The molecule has 1 aliphatic rings. The zero-order valence-corrected chi connectivity index (χ0v) is 28.1. The average Bonchev–Trinajstić information content (AvgIpc) is 3.38. The van der Waals surface area contributed by atoms with Crippen LogP contribution < -0.4 is 9.80 Å². The van der Waals surface area contributed by atoms with E-state index in [-0.39, 0.29) is 33.2 Å². The van der Waals surface area contributed by atoms with Crippen LogP contribution >= 0.6 is 0 Å². The molecule has 4 heteroatoms. The van der Waals surface area contributed by atoms with Gasteiger partial charge in [0.2, 0.25) is 0 Å². The molecule has 43 heavy (non-hydrogen) atoms. The molecule has 6 rings (SSSR count). The van der Waals surface area contributed by atoms with E-state index in [1.54, 1.807) is 0 Å². The number of hydrogen-bond acceptors (Lipinski definition) is 2. The second-order valence-corrected chi connectivity index (χ2v) is 12.7. The molecule has 1 aliphatic heterocycles. The van der Waals surface area contributed by atoms with E-state index in [2.05, 4.69) is 185 Å². The Balaban J connectivity index is 0.000000192. The van der Waals surface area contributed by atoms with Gasteiger partial charge in [-0.15, -0.1) is 18.0 Å². The van der Waals surface area contributed by atoms with Gasteiger partial charge in [-0.1, -0.05) is 139 Å². The number of anilines is 4. The fraction of sp³-hybridized carbons (Fsp3) is 0.205. The van der Waals surface area contributed by atoms with Crippen LogP contribution in [0.2, 0.25) is 0 Å². The first-order valence-electron chi connectivity index (χ1n) is 14.6. The van der Waals surface area contributed by atoms with E-state index in [0.29, 0.717) is 0 Å². The monoisotopic (exact) mass is 748 g/mol. The van der Waals surface area contributed by atoms with Gasteiger partial charge in [0.15, 0.2) is 0 Å². The van der Waals surface area contributed by atoms with Crippen molar-refractivity contribution in [1.82, 2.24) is 0 Å². The van der Waals surface area contributed by atoms with Crippen molar-refractivity contribution in [2.75, 3.05) is 9.80 Å². The van der Waals surface area contributed by atoms with Crippen molar-refractivity contribution in [3.8, 4) is 0 Å². The third-order valence-electron chi connectivity index (χ3n) is 7.43. The zero-order chi connectivity index (χ0) is 29.7. The molecule has 0 spiro atoms. The first-order chi connectivity index (χ1) is 20.1. The van der Waals surface area contributed by atoms with Crippen LogP contribution in [0.4, 0.5) is 34.1 Å². The maximum Gasteiger partial charge on any atom is 0.0345 e. The summed E-state index contributed by atoms with van der Waals surface area (Å²) in [5.41, 5.74) is 9.80. The van der Waals surface area contributed by atoms with Crippen LogP contribution in [-0.4, -0.2) is 0 Å². The van der Waals surface area contributed by atoms with Crippen LogP contribution in [0.15, 0.2) is 133 Å². The van der Waals surface area contributed by atoms with Crippen molar-refractivity contribution in [2.45, 2.75) is 52.4 Å². The minimum atomic E-state index is 0. The minimum absolute atomic E-state index is 0. The van der Waals surface area contributed by atoms with Gasteiger partial charge in [0.1, 0.15) is 0 Å². The number of para-hydroxylation sites is 4. The van der Waals surface area contributed by atoms with Crippen LogP contribution in [0.1, 0.15) is 52.7 Å². The van der Waals surface area contributed by atoms with Crippen LogP contribution in [0.25, 0.3) is 5.32 Å². The van der Waals surface area contributed by atoms with Gasteiger partial charge in [-0.3, -0.25) is 0 Å². The van der Waals surface area contributed by atoms with Crippen molar-refractivity contribution in [2.24, 2.45) is 0 Å². The summed E-state index contributed by atoms with van der Waals surface area (Å²) in [5, 5.41) is 4.69. The van der Waals surface area contributed by atoms with Crippen molar-refractivity contribution in [3.63, 3.8) is 0 Å². The Labute approximate surface area is 274 Å². The molecule has 3 nitrogen and oxygen atoms in total. The SMILES string of the molecule is CC(C)(C)c1ccc([N-]c2ccc(C(C)(C)C)cc2)cc1.[Au].c1ccc(N2[CH-]N(c3ccccc3)c3ccccc32)cc1. The van der Waals surface area contributed by atoms with E-state index in [1.165, 1.54) is 33.9 Å². The molecule has 0 fully saturated rings. The molecule has 5 aromatic rings. The third kappa shape index (κ3) is 8.00. The molecule has 0 unspecified atom stereocenters. The quantitative estimate of drug-likeness (QED) is 0.135. The summed E-state index contributed by atoms with van der Waals surface area (Å²) >= 11 is 0. The van der Waals surface area contributed by atoms with Crippen molar-refractivity contribution < 1.29 is 22.4 Å². The van der Waals surface area contributed by atoms with E-state index >= 15 is 0 Å². The Morgan fingerprint density at radius 1 is 0.442 bits per heavy atom. The van der Waals surface area contributed by atoms with Gasteiger partial charge in [-0.2, -0.15) is 0 Å². The molecule has 0 saturated heterocycles. The van der Waals surface area contributed by atoms with Crippen LogP contribution in [-0.2, 0) is 33.2 Å². The topological polar surface area (TPSA) is 20.6 Å². The largest absolute Gasteiger partial charge is 0.658 e. The fourth-order valence-corrected chi connectivity index (χ4v) is 4.92. The van der Waals surface area contributed by atoms with Crippen molar-refractivity contribution in [3.05, 3.63) is 157 Å². The van der Waals surface area contributed by atoms with Crippen molar-refractivity contribution >= 4 is 34.1 Å². The first-order valence-corrected chi connectivity index (χ1v) is 14.6. The van der Waals surface area contributed by atoms with E-state index in [0.717, 1.165) is 11.4 Å². The summed E-state index contributed by atoms with van der Waals surface area (Å²) in [6, 6.07) is 46.4. The second kappa shape index (κ2) is 13.7. The summed E-state index contributed by atoms with van der Waals surface area (Å²) in [7, 11) is 0. The first kappa shape index (κ1) is 32.2. The maximum atomic E-state index is 4.69. The van der Waals surface area contributed by atoms with E-state index in [9.17, 15) is 0 Å². The summed E-state index contributed by atoms with van der Waals surface area (Å²) in [5.74, 6) is 0. The number of benzene rings is 5. The molecular weight excluding hydrogens is 707 g/mol. The predicted molar refractivity (Wildman–Crippen MR) is 181 cm³/mol. The van der Waals surface area contributed by atoms with Gasteiger partial charge >= 0.3 is 0 Å². The number of fused-ring (bicyclic) bond motifs is 1. The molecule has 0 atom stereocenters. The van der Waals surface area contributed by atoms with E-state index < -0.39 is 0 Å². The molecule has 0 aromatic heterocycles. The maximum absolute atomic E-state index is 4.69. The van der Waals surface area contributed by atoms with Crippen LogP contribution in [0, 0.1) is 6.67 Å². The van der Waals surface area contributed by atoms with Gasteiger partial charge in [-0.05, 0) is 58.4 Å². The number of hydrogen-bond donors (Lipinski definition) is 0.